The normalized spacial score (nSPS) is 21.0. The molecule has 1 atom stereocenters. The van der Waals surface area contributed by atoms with Gasteiger partial charge in [-0.2, -0.15) is 5.10 Å². The van der Waals surface area contributed by atoms with Crippen LogP contribution in [0.25, 0.3) is 10.7 Å². The van der Waals surface area contributed by atoms with Crippen molar-refractivity contribution in [3.8, 4) is 10.7 Å². The number of ether oxygens (including phenoxy) is 1. The van der Waals surface area contributed by atoms with Gasteiger partial charge < -0.3 is 10.1 Å². The molecule has 4 heterocycles. The maximum absolute atomic E-state index is 13.1. The van der Waals surface area contributed by atoms with Crippen molar-refractivity contribution in [2.45, 2.75) is 50.6 Å². The summed E-state index contributed by atoms with van der Waals surface area (Å²) in [6.45, 7) is 6.28. The molecule has 158 valence electrons. The van der Waals surface area contributed by atoms with Crippen molar-refractivity contribution < 1.29 is 9.53 Å². The minimum absolute atomic E-state index is 0.00247. The fourth-order valence-electron chi connectivity index (χ4n) is 4.48. The number of hydrogen-bond donors (Lipinski definition) is 2. The maximum Gasteiger partial charge on any atom is 0.243 e. The third-order valence-electron chi connectivity index (χ3n) is 6.25. The second-order valence-corrected chi connectivity index (χ2v) is 9.31. The van der Waals surface area contributed by atoms with E-state index in [4.69, 9.17) is 17.0 Å². The fraction of sp³-hybridized carbons (Fsp3) is 0.650. The van der Waals surface area contributed by atoms with Gasteiger partial charge in [-0.1, -0.05) is 12.5 Å². The van der Waals surface area contributed by atoms with Crippen LogP contribution < -0.4 is 5.32 Å². The molecular formula is C20H29N5O2S2. The molecule has 7 nitrogen and oxygen atoms in total. The monoisotopic (exact) mass is 435 g/mol. The van der Waals surface area contributed by atoms with Gasteiger partial charge >= 0.3 is 0 Å². The van der Waals surface area contributed by atoms with Crippen LogP contribution in [0.4, 0.5) is 0 Å². The van der Waals surface area contributed by atoms with Crippen LogP contribution in [0.15, 0.2) is 17.5 Å². The molecule has 2 N–H and O–H groups in total. The number of likely N-dealkylation sites (tertiary alicyclic amines) is 1. The van der Waals surface area contributed by atoms with Gasteiger partial charge in [0.15, 0.2) is 10.6 Å². The number of nitrogens with one attached hydrogen (secondary N) is 2. The maximum atomic E-state index is 13.1. The van der Waals surface area contributed by atoms with Crippen molar-refractivity contribution in [1.82, 2.24) is 25.0 Å². The summed E-state index contributed by atoms with van der Waals surface area (Å²) in [5.41, 5.74) is 0.00247. The highest BCUT2D eigenvalue weighted by atomic mass is 32.1. The highest BCUT2D eigenvalue weighted by Gasteiger charge is 2.39. The van der Waals surface area contributed by atoms with Crippen LogP contribution >= 0.6 is 23.6 Å². The van der Waals surface area contributed by atoms with E-state index in [1.807, 2.05) is 29.0 Å². The Kier molecular flexibility index (Phi) is 6.48. The number of rotatable bonds is 6. The molecule has 0 aliphatic carbocycles. The van der Waals surface area contributed by atoms with Crippen molar-refractivity contribution in [3.63, 3.8) is 0 Å². The molecule has 2 saturated heterocycles. The molecule has 0 aromatic carbocycles. The summed E-state index contributed by atoms with van der Waals surface area (Å²) in [6.07, 6.45) is 5.71. The first-order valence-corrected chi connectivity index (χ1v) is 11.7. The Morgan fingerprint density at radius 1 is 1.38 bits per heavy atom. The average molecular weight is 436 g/mol. The number of aromatic nitrogens is 3. The topological polar surface area (TPSA) is 75.2 Å². The lowest BCUT2D eigenvalue weighted by atomic mass is 9.86. The summed E-state index contributed by atoms with van der Waals surface area (Å²) in [4.78, 5) is 16.7. The van der Waals surface area contributed by atoms with Crippen molar-refractivity contribution in [3.05, 3.63) is 22.3 Å². The molecule has 2 fully saturated rings. The van der Waals surface area contributed by atoms with Gasteiger partial charge in [-0.05, 0) is 69.4 Å². The SMILES string of the molecule is CC(C(=O)NCC1(N2CCCCC2)CCOCC1)n1c(-c2cccs2)n[nH]c1=S. The van der Waals surface area contributed by atoms with Crippen molar-refractivity contribution in [2.24, 2.45) is 0 Å². The molecule has 0 radical (unpaired) electrons. The molecule has 29 heavy (non-hydrogen) atoms. The molecule has 9 heteroatoms. The first kappa shape index (κ1) is 20.7. The molecule has 2 aliphatic heterocycles. The summed E-state index contributed by atoms with van der Waals surface area (Å²) in [6, 6.07) is 3.53. The number of carbonyl (C=O) groups is 1. The number of amides is 1. The summed E-state index contributed by atoms with van der Waals surface area (Å²) in [5, 5.41) is 12.4. The molecule has 4 rings (SSSR count). The van der Waals surface area contributed by atoms with E-state index in [0.29, 0.717) is 17.1 Å². The van der Waals surface area contributed by atoms with E-state index < -0.39 is 6.04 Å². The fourth-order valence-corrected chi connectivity index (χ4v) is 5.49. The highest BCUT2D eigenvalue weighted by Crippen LogP contribution is 2.31. The lowest BCUT2D eigenvalue weighted by Gasteiger charge is -2.48. The Morgan fingerprint density at radius 3 is 2.83 bits per heavy atom. The molecule has 2 aromatic rings. The summed E-state index contributed by atoms with van der Waals surface area (Å²) >= 11 is 7.01. The molecule has 0 bridgehead atoms. The number of nitrogens with zero attached hydrogens (tertiary/aromatic N) is 3. The number of aromatic amines is 1. The van der Waals surface area contributed by atoms with Crippen LogP contribution in [0.5, 0.6) is 0 Å². The Balaban J connectivity index is 1.49. The third-order valence-corrected chi connectivity index (χ3v) is 7.41. The van der Waals surface area contributed by atoms with Crippen molar-refractivity contribution in [1.29, 1.82) is 0 Å². The van der Waals surface area contributed by atoms with E-state index in [1.54, 1.807) is 11.3 Å². The van der Waals surface area contributed by atoms with Crippen LogP contribution in [0.1, 0.15) is 45.1 Å². The Labute approximate surface area is 180 Å². The second-order valence-electron chi connectivity index (χ2n) is 7.98. The molecule has 0 saturated carbocycles. The van der Waals surface area contributed by atoms with E-state index in [9.17, 15) is 4.79 Å². The van der Waals surface area contributed by atoms with Gasteiger partial charge in [-0.3, -0.25) is 19.4 Å². The van der Waals surface area contributed by atoms with Crippen LogP contribution in [-0.4, -0.2) is 64.0 Å². The number of H-pyrrole nitrogens is 1. The van der Waals surface area contributed by atoms with E-state index in [0.717, 1.165) is 44.0 Å². The average Bonchev–Trinajstić information content (AvgIpc) is 3.42. The van der Waals surface area contributed by atoms with Gasteiger partial charge in [-0.25, -0.2) is 0 Å². The highest BCUT2D eigenvalue weighted by molar-refractivity contribution is 7.71. The first-order valence-electron chi connectivity index (χ1n) is 10.4. The Morgan fingerprint density at radius 2 is 2.14 bits per heavy atom. The number of thiophene rings is 1. The minimum Gasteiger partial charge on any atom is -0.381 e. The van der Waals surface area contributed by atoms with Crippen LogP contribution in [0.3, 0.4) is 0 Å². The minimum atomic E-state index is -0.434. The lowest BCUT2D eigenvalue weighted by Crippen LogP contribution is -2.60. The zero-order valence-electron chi connectivity index (χ0n) is 16.9. The van der Waals surface area contributed by atoms with Gasteiger partial charge in [0.1, 0.15) is 6.04 Å². The zero-order valence-corrected chi connectivity index (χ0v) is 18.5. The van der Waals surface area contributed by atoms with Crippen LogP contribution in [-0.2, 0) is 9.53 Å². The molecule has 2 aromatic heterocycles. The predicted molar refractivity (Wildman–Crippen MR) is 117 cm³/mol. The molecule has 0 spiro atoms. The molecule has 2 aliphatic rings. The van der Waals surface area contributed by atoms with Crippen LogP contribution in [0.2, 0.25) is 0 Å². The van der Waals surface area contributed by atoms with Gasteiger partial charge in [0.2, 0.25) is 5.91 Å². The van der Waals surface area contributed by atoms with E-state index in [2.05, 4.69) is 20.4 Å². The Hall–Kier alpha value is -1.55. The smallest absolute Gasteiger partial charge is 0.243 e. The number of piperidine rings is 1. The van der Waals surface area contributed by atoms with Crippen molar-refractivity contribution >= 4 is 29.5 Å². The quantitative estimate of drug-likeness (QED) is 0.681. The zero-order chi connectivity index (χ0) is 20.3. The predicted octanol–water partition coefficient (Wildman–Crippen LogP) is 3.38. The summed E-state index contributed by atoms with van der Waals surface area (Å²) in [5.74, 6) is 0.688. The largest absolute Gasteiger partial charge is 0.381 e. The van der Waals surface area contributed by atoms with Gasteiger partial charge in [0, 0.05) is 25.3 Å². The molecule has 1 amide bonds. The first-order chi connectivity index (χ1) is 14.1. The Bertz CT molecular complexity index is 864. The van der Waals surface area contributed by atoms with Crippen LogP contribution in [0, 0.1) is 4.77 Å². The standard InChI is InChI=1S/C20H29N5O2S2/c1-15(25-17(22-23-19(25)28)16-6-5-13-29-16)18(26)21-14-20(7-11-27-12-8-20)24-9-3-2-4-10-24/h5-6,13,15H,2-4,7-12,14H2,1H3,(H,21,26)(H,23,28). The lowest BCUT2D eigenvalue weighted by molar-refractivity contribution is -0.125. The summed E-state index contributed by atoms with van der Waals surface area (Å²) < 4.78 is 7.91. The van der Waals surface area contributed by atoms with E-state index >= 15 is 0 Å². The molecule has 1 unspecified atom stereocenters. The van der Waals surface area contributed by atoms with Crippen molar-refractivity contribution in [2.75, 3.05) is 32.8 Å². The molecular weight excluding hydrogens is 406 g/mol. The number of carbonyl (C=O) groups excluding carboxylic acids is 1. The third kappa shape index (κ3) is 4.33. The van der Waals surface area contributed by atoms with Gasteiger partial charge in [0.25, 0.3) is 0 Å². The second kappa shape index (κ2) is 9.07. The van der Waals surface area contributed by atoms with E-state index in [1.165, 1.54) is 19.3 Å². The summed E-state index contributed by atoms with van der Waals surface area (Å²) in [7, 11) is 0. The number of hydrogen-bond acceptors (Lipinski definition) is 6. The van der Waals surface area contributed by atoms with Gasteiger partial charge in [-0.15, -0.1) is 11.3 Å². The van der Waals surface area contributed by atoms with E-state index in [-0.39, 0.29) is 11.4 Å². The van der Waals surface area contributed by atoms with Gasteiger partial charge in [0.05, 0.1) is 4.88 Å².